The van der Waals surface area contributed by atoms with Gasteiger partial charge in [-0.25, -0.2) is 0 Å². The third kappa shape index (κ3) is 10.6. The van der Waals surface area contributed by atoms with Crippen LogP contribution >= 0.6 is 0 Å². The van der Waals surface area contributed by atoms with E-state index in [0.29, 0.717) is 0 Å². The van der Waals surface area contributed by atoms with Gasteiger partial charge in [-0.3, -0.25) is 0 Å². The molecule has 0 aliphatic carbocycles. The molecular weight excluding hydrogens is 407 g/mol. The molecule has 0 aliphatic heterocycles. The summed E-state index contributed by atoms with van der Waals surface area (Å²) in [6.07, 6.45) is 20.6. The Labute approximate surface area is 166 Å². The Bertz CT molecular complexity index is 245. The van der Waals surface area contributed by atoms with Crippen LogP contribution in [0.1, 0.15) is 131 Å². The van der Waals surface area contributed by atoms with E-state index in [2.05, 4.69) is 41.5 Å². The zero-order valence-electron chi connectivity index (χ0n) is 19.0. The van der Waals surface area contributed by atoms with Gasteiger partial charge in [0.2, 0.25) is 0 Å². The fraction of sp³-hybridized carbons (Fsp3) is 1.00. The Hall–Kier alpha value is 0.799. The zero-order chi connectivity index (χ0) is 19.0. The molecular formula is C24H52Sn. The van der Waals surface area contributed by atoms with Gasteiger partial charge >= 0.3 is 167 Å². The van der Waals surface area contributed by atoms with E-state index in [0.717, 1.165) is 7.87 Å². The van der Waals surface area contributed by atoms with Crippen LogP contribution < -0.4 is 0 Å². The van der Waals surface area contributed by atoms with Gasteiger partial charge in [-0.05, 0) is 0 Å². The minimum atomic E-state index is -2.08. The molecule has 2 atom stereocenters. The molecule has 0 aromatic rings. The maximum atomic E-state index is 2.70. The van der Waals surface area contributed by atoms with Crippen molar-refractivity contribution >= 4 is 18.4 Å². The molecule has 0 bridgehead atoms. The first-order valence-electron chi connectivity index (χ1n) is 12.1. The summed E-state index contributed by atoms with van der Waals surface area (Å²) in [7, 11) is 0. The van der Waals surface area contributed by atoms with Crippen LogP contribution in [0, 0.1) is 0 Å². The van der Waals surface area contributed by atoms with Crippen LogP contribution in [0.2, 0.25) is 16.7 Å². The molecule has 0 saturated heterocycles. The minimum absolute atomic E-state index is 1.12. The number of unbranched alkanes of at least 4 members (excludes halogenated alkanes) is 8. The third-order valence-corrected chi connectivity index (χ3v) is 27.1. The summed E-state index contributed by atoms with van der Waals surface area (Å²) in [6.45, 7) is 14.9. The Morgan fingerprint density at radius 3 is 1.16 bits per heavy atom. The van der Waals surface area contributed by atoms with E-state index < -0.39 is 18.4 Å². The van der Waals surface area contributed by atoms with E-state index in [1.165, 1.54) is 77.0 Å². The molecule has 0 rings (SSSR count). The Kier molecular flexibility index (Phi) is 17.5. The molecule has 152 valence electrons. The van der Waals surface area contributed by atoms with Crippen LogP contribution in [-0.4, -0.2) is 18.4 Å². The van der Waals surface area contributed by atoms with Gasteiger partial charge < -0.3 is 0 Å². The van der Waals surface area contributed by atoms with Crippen LogP contribution in [0.5, 0.6) is 0 Å². The molecule has 0 saturated carbocycles. The van der Waals surface area contributed by atoms with Crippen molar-refractivity contribution in [3.05, 3.63) is 0 Å². The first-order chi connectivity index (χ1) is 12.1. The molecule has 0 aromatic heterocycles. The zero-order valence-corrected chi connectivity index (χ0v) is 21.8. The van der Waals surface area contributed by atoms with Crippen molar-refractivity contribution in [2.75, 3.05) is 0 Å². The maximum absolute atomic E-state index is 2.70. The molecule has 2 unspecified atom stereocenters. The van der Waals surface area contributed by atoms with Gasteiger partial charge in [-0.1, -0.05) is 0 Å². The number of hydrogen-bond donors (Lipinski definition) is 0. The van der Waals surface area contributed by atoms with Crippen molar-refractivity contribution in [3.63, 3.8) is 0 Å². The predicted molar refractivity (Wildman–Crippen MR) is 122 cm³/mol. The molecule has 0 spiro atoms. The van der Waals surface area contributed by atoms with Crippen LogP contribution in [-0.2, 0) is 0 Å². The predicted octanol–water partition coefficient (Wildman–Crippen LogP) is 9.76. The first-order valence-corrected chi connectivity index (χ1v) is 19.4. The molecule has 1 heteroatoms. The summed E-state index contributed by atoms with van der Waals surface area (Å²) in [5, 5.41) is 0. The van der Waals surface area contributed by atoms with Gasteiger partial charge in [0.15, 0.2) is 0 Å². The van der Waals surface area contributed by atoms with Crippen LogP contribution in [0.4, 0.5) is 0 Å². The average molecular weight is 459 g/mol. The van der Waals surface area contributed by atoms with Crippen molar-refractivity contribution in [1.82, 2.24) is 0 Å². The van der Waals surface area contributed by atoms with Crippen molar-refractivity contribution < 1.29 is 0 Å². The quantitative estimate of drug-likeness (QED) is 0.141. The van der Waals surface area contributed by atoms with Crippen LogP contribution in [0.3, 0.4) is 0 Å². The molecule has 0 amide bonds. The topological polar surface area (TPSA) is 0 Å². The van der Waals surface area contributed by atoms with E-state index in [1.807, 2.05) is 0 Å². The molecule has 0 N–H and O–H groups in total. The average Bonchev–Trinajstić information content (AvgIpc) is 2.62. The van der Waals surface area contributed by atoms with Crippen molar-refractivity contribution in [2.24, 2.45) is 0 Å². The normalized spacial score (nSPS) is 14.6. The molecule has 0 fully saturated rings. The van der Waals surface area contributed by atoms with Gasteiger partial charge in [-0.15, -0.1) is 0 Å². The third-order valence-electron chi connectivity index (χ3n) is 6.94. The van der Waals surface area contributed by atoms with Crippen molar-refractivity contribution in [2.45, 2.75) is 148 Å². The van der Waals surface area contributed by atoms with Crippen LogP contribution in [0.25, 0.3) is 0 Å². The second-order valence-corrected chi connectivity index (χ2v) is 24.5. The molecule has 0 nitrogen and oxygen atoms in total. The fourth-order valence-electron chi connectivity index (χ4n) is 4.94. The Morgan fingerprint density at radius 1 is 0.480 bits per heavy atom. The standard InChI is InChI=1S/2C8H17.2C4H9.Sn/c2*1-3-5-7-8-6-4-2;2*1-3-4-2;/h2*3H,4-8H2,1-2H3;2*1,3-4H2,2H3;. The second-order valence-electron chi connectivity index (χ2n) is 8.94. The molecule has 25 heavy (non-hydrogen) atoms. The first kappa shape index (κ1) is 25.8. The molecule has 0 aromatic carbocycles. The molecule has 0 radical (unpaired) electrons. The van der Waals surface area contributed by atoms with Crippen molar-refractivity contribution in [1.29, 1.82) is 0 Å². The second kappa shape index (κ2) is 16.9. The summed E-state index contributed by atoms with van der Waals surface area (Å²) in [5.74, 6) is 0. The van der Waals surface area contributed by atoms with E-state index in [4.69, 9.17) is 0 Å². The number of rotatable bonds is 18. The van der Waals surface area contributed by atoms with Gasteiger partial charge in [0.25, 0.3) is 0 Å². The monoisotopic (exact) mass is 460 g/mol. The Morgan fingerprint density at radius 2 is 0.840 bits per heavy atom. The van der Waals surface area contributed by atoms with Gasteiger partial charge in [0.05, 0.1) is 0 Å². The van der Waals surface area contributed by atoms with E-state index >= 15 is 0 Å². The molecule has 0 heterocycles. The van der Waals surface area contributed by atoms with Crippen LogP contribution in [0.15, 0.2) is 0 Å². The van der Waals surface area contributed by atoms with E-state index in [-0.39, 0.29) is 0 Å². The summed E-state index contributed by atoms with van der Waals surface area (Å²) in [6, 6.07) is 0. The van der Waals surface area contributed by atoms with Gasteiger partial charge in [0, 0.05) is 0 Å². The summed E-state index contributed by atoms with van der Waals surface area (Å²) in [5.41, 5.74) is 0. The molecule has 0 aliphatic rings. The number of hydrogen-bond acceptors (Lipinski definition) is 0. The van der Waals surface area contributed by atoms with Gasteiger partial charge in [0.1, 0.15) is 0 Å². The summed E-state index contributed by atoms with van der Waals surface area (Å²) >= 11 is -2.08. The van der Waals surface area contributed by atoms with Crippen molar-refractivity contribution in [3.8, 4) is 0 Å². The SMILES string of the molecule is CCCCCC[CH](C)[Sn]([CH2]CCC)([CH2]CCC)[CH](C)CCCCCC. The summed E-state index contributed by atoms with van der Waals surface area (Å²) < 4.78 is 5.61. The fourth-order valence-corrected chi connectivity index (χ4v) is 24.3. The van der Waals surface area contributed by atoms with Gasteiger partial charge in [-0.2, -0.15) is 0 Å². The Balaban J connectivity index is 4.97. The van der Waals surface area contributed by atoms with E-state index in [9.17, 15) is 0 Å². The van der Waals surface area contributed by atoms with E-state index in [1.54, 1.807) is 21.7 Å². The summed E-state index contributed by atoms with van der Waals surface area (Å²) in [4.78, 5) is 0.